The van der Waals surface area contributed by atoms with E-state index < -0.39 is 0 Å². The fraction of sp³-hybridized carbons (Fsp3) is 0.357. The SMILES string of the molecule is Cn1nccc1C(=O)N[C@H](c1cncc(Br)c1)C1CC1. The van der Waals surface area contributed by atoms with Crippen molar-refractivity contribution >= 4 is 21.8 Å². The van der Waals surface area contributed by atoms with Crippen LogP contribution in [-0.4, -0.2) is 20.7 Å². The summed E-state index contributed by atoms with van der Waals surface area (Å²) < 4.78 is 2.51. The number of carbonyl (C=O) groups is 1. The number of pyridine rings is 1. The van der Waals surface area contributed by atoms with Crippen molar-refractivity contribution < 1.29 is 4.79 Å². The molecule has 0 bridgehead atoms. The van der Waals surface area contributed by atoms with Gasteiger partial charge in [0.25, 0.3) is 5.91 Å². The predicted octanol–water partition coefficient (Wildman–Crippen LogP) is 2.46. The minimum atomic E-state index is -0.0955. The lowest BCUT2D eigenvalue weighted by Crippen LogP contribution is -2.31. The van der Waals surface area contributed by atoms with Crippen LogP contribution in [0.5, 0.6) is 0 Å². The van der Waals surface area contributed by atoms with Crippen molar-refractivity contribution in [2.45, 2.75) is 18.9 Å². The average Bonchev–Trinajstić information content (AvgIpc) is 3.17. The summed E-state index contributed by atoms with van der Waals surface area (Å²) in [5, 5.41) is 7.13. The Labute approximate surface area is 125 Å². The van der Waals surface area contributed by atoms with Gasteiger partial charge in [-0.1, -0.05) is 0 Å². The average molecular weight is 335 g/mol. The fourth-order valence-corrected chi connectivity index (χ4v) is 2.70. The van der Waals surface area contributed by atoms with Gasteiger partial charge in [0.05, 0.1) is 6.04 Å². The van der Waals surface area contributed by atoms with E-state index in [1.165, 1.54) is 0 Å². The van der Waals surface area contributed by atoms with Gasteiger partial charge in [0.1, 0.15) is 5.69 Å². The number of hydrogen-bond acceptors (Lipinski definition) is 3. The monoisotopic (exact) mass is 334 g/mol. The van der Waals surface area contributed by atoms with E-state index in [-0.39, 0.29) is 11.9 Å². The van der Waals surface area contributed by atoms with Gasteiger partial charge in [0, 0.05) is 30.1 Å². The third-order valence-corrected chi connectivity index (χ3v) is 3.95. The summed E-state index contributed by atoms with van der Waals surface area (Å²) in [6, 6.07) is 3.75. The molecule has 1 atom stereocenters. The molecule has 0 unspecified atom stereocenters. The van der Waals surface area contributed by atoms with Gasteiger partial charge >= 0.3 is 0 Å². The second-order valence-electron chi connectivity index (χ2n) is 5.07. The van der Waals surface area contributed by atoms with Gasteiger partial charge in [-0.15, -0.1) is 0 Å². The van der Waals surface area contributed by atoms with Gasteiger partial charge in [-0.2, -0.15) is 5.10 Å². The minimum absolute atomic E-state index is 0.0161. The molecule has 0 spiro atoms. The fourth-order valence-electron chi connectivity index (χ4n) is 2.31. The van der Waals surface area contributed by atoms with Crippen molar-refractivity contribution in [3.8, 4) is 0 Å². The number of nitrogens with one attached hydrogen (secondary N) is 1. The van der Waals surface area contributed by atoms with Crippen LogP contribution in [0.15, 0.2) is 35.2 Å². The van der Waals surface area contributed by atoms with E-state index in [1.54, 1.807) is 30.2 Å². The molecule has 1 fully saturated rings. The van der Waals surface area contributed by atoms with E-state index >= 15 is 0 Å². The number of nitrogens with zero attached hydrogens (tertiary/aromatic N) is 3. The Morgan fingerprint density at radius 2 is 2.30 bits per heavy atom. The zero-order valence-corrected chi connectivity index (χ0v) is 12.7. The molecular formula is C14H15BrN4O. The van der Waals surface area contributed by atoms with Gasteiger partial charge in [-0.05, 0) is 52.4 Å². The van der Waals surface area contributed by atoms with E-state index in [4.69, 9.17) is 0 Å². The first-order chi connectivity index (χ1) is 9.65. The number of aromatic nitrogens is 3. The summed E-state index contributed by atoms with van der Waals surface area (Å²) in [5.74, 6) is 0.408. The molecule has 1 aliphatic rings. The van der Waals surface area contributed by atoms with Crippen LogP contribution in [0.2, 0.25) is 0 Å². The van der Waals surface area contributed by atoms with Crippen molar-refractivity contribution in [3.63, 3.8) is 0 Å². The summed E-state index contributed by atoms with van der Waals surface area (Å²) >= 11 is 3.43. The highest BCUT2D eigenvalue weighted by Gasteiger charge is 2.34. The lowest BCUT2D eigenvalue weighted by Gasteiger charge is -2.18. The second-order valence-corrected chi connectivity index (χ2v) is 5.98. The van der Waals surface area contributed by atoms with E-state index in [2.05, 4.69) is 31.3 Å². The van der Waals surface area contributed by atoms with Gasteiger partial charge in [-0.25, -0.2) is 0 Å². The van der Waals surface area contributed by atoms with Crippen LogP contribution in [0.25, 0.3) is 0 Å². The smallest absolute Gasteiger partial charge is 0.270 e. The Hall–Kier alpha value is -1.69. The number of aryl methyl sites for hydroxylation is 1. The molecule has 20 heavy (non-hydrogen) atoms. The summed E-state index contributed by atoms with van der Waals surface area (Å²) in [7, 11) is 1.77. The third-order valence-electron chi connectivity index (χ3n) is 3.52. The number of hydrogen-bond donors (Lipinski definition) is 1. The molecule has 2 heterocycles. The molecular weight excluding hydrogens is 320 g/mol. The van der Waals surface area contributed by atoms with Crippen LogP contribution in [0.4, 0.5) is 0 Å². The zero-order valence-electron chi connectivity index (χ0n) is 11.1. The maximum Gasteiger partial charge on any atom is 0.270 e. The Morgan fingerprint density at radius 1 is 1.50 bits per heavy atom. The first-order valence-electron chi connectivity index (χ1n) is 6.54. The maximum atomic E-state index is 12.3. The molecule has 2 aromatic rings. The number of halogens is 1. The van der Waals surface area contributed by atoms with Gasteiger partial charge in [-0.3, -0.25) is 14.5 Å². The van der Waals surface area contributed by atoms with Gasteiger partial charge in [0.15, 0.2) is 0 Å². The van der Waals surface area contributed by atoms with Crippen LogP contribution in [0.3, 0.4) is 0 Å². The van der Waals surface area contributed by atoms with Crippen LogP contribution in [0.1, 0.15) is 34.9 Å². The number of carbonyl (C=O) groups excluding carboxylic acids is 1. The van der Waals surface area contributed by atoms with Crippen molar-refractivity contribution in [1.82, 2.24) is 20.1 Å². The largest absolute Gasteiger partial charge is 0.344 e. The lowest BCUT2D eigenvalue weighted by atomic mass is 10.0. The molecule has 3 rings (SSSR count). The standard InChI is InChI=1S/C14H15BrN4O/c1-19-12(4-5-17-19)14(20)18-13(9-2-3-9)10-6-11(15)8-16-7-10/h4-9,13H,2-3H2,1H3,(H,18,20)/t13-/m0/s1. The van der Waals surface area contributed by atoms with E-state index in [0.29, 0.717) is 11.6 Å². The van der Waals surface area contributed by atoms with Crippen molar-refractivity contribution in [1.29, 1.82) is 0 Å². The molecule has 1 aliphatic carbocycles. The molecule has 0 saturated heterocycles. The molecule has 2 aromatic heterocycles. The summed E-state index contributed by atoms with van der Waals surface area (Å²) in [6.07, 6.45) is 7.47. The molecule has 1 amide bonds. The first kappa shape index (κ1) is 13.3. The molecule has 104 valence electrons. The van der Waals surface area contributed by atoms with Crippen LogP contribution in [0, 0.1) is 5.92 Å². The van der Waals surface area contributed by atoms with Crippen LogP contribution >= 0.6 is 15.9 Å². The second kappa shape index (κ2) is 5.36. The third kappa shape index (κ3) is 2.75. The first-order valence-corrected chi connectivity index (χ1v) is 7.34. The van der Waals surface area contributed by atoms with Crippen molar-refractivity contribution in [3.05, 3.63) is 46.5 Å². The Balaban J connectivity index is 1.82. The number of rotatable bonds is 4. The lowest BCUT2D eigenvalue weighted by molar-refractivity contribution is 0.0922. The van der Waals surface area contributed by atoms with E-state index in [1.807, 2.05) is 12.3 Å². The van der Waals surface area contributed by atoms with E-state index in [9.17, 15) is 4.79 Å². The molecule has 0 radical (unpaired) electrons. The molecule has 6 heteroatoms. The topological polar surface area (TPSA) is 59.8 Å². The van der Waals surface area contributed by atoms with Crippen molar-refractivity contribution in [2.24, 2.45) is 13.0 Å². The minimum Gasteiger partial charge on any atom is -0.344 e. The molecule has 5 nitrogen and oxygen atoms in total. The summed E-state index contributed by atoms with van der Waals surface area (Å²) in [6.45, 7) is 0. The molecule has 1 N–H and O–H groups in total. The Morgan fingerprint density at radius 3 is 2.90 bits per heavy atom. The molecule has 0 aromatic carbocycles. The molecule has 0 aliphatic heterocycles. The normalized spacial score (nSPS) is 15.9. The summed E-state index contributed by atoms with van der Waals surface area (Å²) in [4.78, 5) is 16.5. The summed E-state index contributed by atoms with van der Waals surface area (Å²) in [5.41, 5.74) is 1.61. The highest BCUT2D eigenvalue weighted by Crippen LogP contribution is 2.41. The zero-order chi connectivity index (χ0) is 14.1. The van der Waals surface area contributed by atoms with Crippen LogP contribution < -0.4 is 5.32 Å². The Bertz CT molecular complexity index is 636. The van der Waals surface area contributed by atoms with Crippen LogP contribution in [-0.2, 0) is 7.05 Å². The molecule has 1 saturated carbocycles. The van der Waals surface area contributed by atoms with E-state index in [0.717, 1.165) is 22.9 Å². The Kier molecular flexibility index (Phi) is 3.56. The predicted molar refractivity (Wildman–Crippen MR) is 78.1 cm³/mol. The maximum absolute atomic E-state index is 12.3. The highest BCUT2D eigenvalue weighted by molar-refractivity contribution is 9.10. The van der Waals surface area contributed by atoms with Gasteiger partial charge in [0.2, 0.25) is 0 Å². The number of amides is 1. The van der Waals surface area contributed by atoms with Gasteiger partial charge < -0.3 is 5.32 Å². The quantitative estimate of drug-likeness (QED) is 0.934. The highest BCUT2D eigenvalue weighted by atomic mass is 79.9. The van der Waals surface area contributed by atoms with Crippen molar-refractivity contribution in [2.75, 3.05) is 0 Å².